The summed E-state index contributed by atoms with van der Waals surface area (Å²) in [7, 11) is 1.65. The average molecular weight is 504 g/mol. The van der Waals surface area contributed by atoms with E-state index in [1.165, 1.54) is 0 Å². The second kappa shape index (κ2) is 10.9. The predicted molar refractivity (Wildman–Crippen MR) is 119 cm³/mol. The normalized spacial score (nSPS) is 24.0. The van der Waals surface area contributed by atoms with Gasteiger partial charge in [-0.15, -0.1) is 0 Å². The van der Waals surface area contributed by atoms with E-state index < -0.39 is 11.9 Å². The second-order valence-corrected chi connectivity index (χ2v) is 8.94. The van der Waals surface area contributed by atoms with Crippen molar-refractivity contribution in [2.45, 2.75) is 70.9 Å². The molecule has 158 valence electrons. The van der Waals surface area contributed by atoms with E-state index in [0.29, 0.717) is 6.61 Å². The Morgan fingerprint density at radius 3 is 2.43 bits per heavy atom. The number of ether oxygens (including phenoxy) is 4. The average Bonchev–Trinajstić information content (AvgIpc) is 2.96. The first-order valence-electron chi connectivity index (χ1n) is 9.78. The molecule has 1 N–H and O–H groups in total. The van der Waals surface area contributed by atoms with Gasteiger partial charge in [0.05, 0.1) is 25.9 Å². The molecule has 5 nitrogen and oxygen atoms in total. The van der Waals surface area contributed by atoms with Crippen LogP contribution in [-0.4, -0.2) is 46.8 Å². The Morgan fingerprint density at radius 2 is 1.86 bits per heavy atom. The number of methoxy groups -OCH3 is 1. The van der Waals surface area contributed by atoms with Gasteiger partial charge < -0.3 is 24.1 Å². The standard InChI is InChI=1S/C22H33IO5/c1-15(2)19(26-14-16-6-8-17(25-5)9-7-16)11-10-18(24)21-20(12-13-23)27-22(3,4)28-21/h6-11,15,18-21,24H,12-14H2,1-5H3/b11-10-/t18?,19-,20+,21-/m1/s1. The summed E-state index contributed by atoms with van der Waals surface area (Å²) in [6, 6.07) is 7.84. The summed E-state index contributed by atoms with van der Waals surface area (Å²) >= 11 is 2.32. The van der Waals surface area contributed by atoms with Crippen LogP contribution < -0.4 is 4.74 Å². The van der Waals surface area contributed by atoms with Crippen molar-refractivity contribution in [3.63, 3.8) is 0 Å². The Bertz CT molecular complexity index is 614. The van der Waals surface area contributed by atoms with Crippen LogP contribution in [0.4, 0.5) is 0 Å². The number of hydrogen-bond donors (Lipinski definition) is 1. The summed E-state index contributed by atoms with van der Waals surface area (Å²) in [6.07, 6.45) is 3.26. The SMILES string of the molecule is COc1ccc(CO[C@H](/C=C\C(O)[C@H]2OC(C)(C)O[C@H]2CCI)C(C)C)cc1. The Hall–Kier alpha value is -0.670. The van der Waals surface area contributed by atoms with Gasteiger partial charge in [-0.2, -0.15) is 0 Å². The van der Waals surface area contributed by atoms with Crippen molar-refractivity contribution in [2.24, 2.45) is 5.92 Å². The highest BCUT2D eigenvalue weighted by atomic mass is 127. The van der Waals surface area contributed by atoms with Crippen LogP contribution in [0.25, 0.3) is 0 Å². The largest absolute Gasteiger partial charge is 0.497 e. The molecule has 1 fully saturated rings. The first-order valence-corrected chi connectivity index (χ1v) is 11.3. The first kappa shape index (κ1) is 23.6. The molecule has 1 aliphatic rings. The van der Waals surface area contributed by atoms with E-state index >= 15 is 0 Å². The van der Waals surface area contributed by atoms with Gasteiger partial charge in [-0.25, -0.2) is 0 Å². The van der Waals surface area contributed by atoms with E-state index in [1.807, 2.05) is 44.2 Å². The summed E-state index contributed by atoms with van der Waals surface area (Å²) in [5.74, 6) is 0.442. The van der Waals surface area contributed by atoms with Crippen molar-refractivity contribution in [1.82, 2.24) is 0 Å². The van der Waals surface area contributed by atoms with Gasteiger partial charge in [0.1, 0.15) is 18.0 Å². The Labute approximate surface area is 182 Å². The number of alkyl halides is 1. The lowest BCUT2D eigenvalue weighted by Crippen LogP contribution is -2.34. The summed E-state index contributed by atoms with van der Waals surface area (Å²) < 4.78 is 24.1. The molecular formula is C22H33IO5. The number of aliphatic hydroxyl groups excluding tert-OH is 1. The van der Waals surface area contributed by atoms with E-state index in [-0.39, 0.29) is 24.2 Å². The maximum Gasteiger partial charge on any atom is 0.163 e. The predicted octanol–water partition coefficient (Wildman–Crippen LogP) is 4.50. The molecule has 1 heterocycles. The van der Waals surface area contributed by atoms with Crippen molar-refractivity contribution in [3.8, 4) is 5.75 Å². The maximum absolute atomic E-state index is 10.7. The highest BCUT2D eigenvalue weighted by molar-refractivity contribution is 14.1. The van der Waals surface area contributed by atoms with Crippen LogP contribution in [-0.2, 0) is 20.8 Å². The molecular weight excluding hydrogens is 471 g/mol. The Balaban J connectivity index is 1.96. The Kier molecular flexibility index (Phi) is 9.21. The van der Waals surface area contributed by atoms with Gasteiger partial charge in [-0.05, 0) is 43.9 Å². The maximum atomic E-state index is 10.7. The molecule has 0 aromatic heterocycles. The van der Waals surface area contributed by atoms with Gasteiger partial charge in [0.2, 0.25) is 0 Å². The molecule has 1 aliphatic heterocycles. The minimum atomic E-state index is -0.736. The lowest BCUT2D eigenvalue weighted by molar-refractivity contribution is -0.152. The van der Waals surface area contributed by atoms with E-state index in [0.717, 1.165) is 22.2 Å². The molecule has 1 unspecified atom stereocenters. The van der Waals surface area contributed by atoms with Crippen LogP contribution in [0.15, 0.2) is 36.4 Å². The van der Waals surface area contributed by atoms with Gasteiger partial charge in [0.15, 0.2) is 5.79 Å². The van der Waals surface area contributed by atoms with Crippen LogP contribution in [0.2, 0.25) is 0 Å². The molecule has 1 aromatic carbocycles. The van der Waals surface area contributed by atoms with Crippen LogP contribution >= 0.6 is 22.6 Å². The molecule has 2 rings (SSSR count). The summed E-state index contributed by atoms with van der Waals surface area (Å²) in [5.41, 5.74) is 1.08. The molecule has 0 bridgehead atoms. The fourth-order valence-corrected chi connectivity index (χ4v) is 3.81. The lowest BCUT2D eigenvalue weighted by atomic mass is 10.0. The Morgan fingerprint density at radius 1 is 1.18 bits per heavy atom. The minimum absolute atomic E-state index is 0.102. The van der Waals surface area contributed by atoms with Crippen molar-refractivity contribution >= 4 is 22.6 Å². The van der Waals surface area contributed by atoms with E-state index in [4.69, 9.17) is 18.9 Å². The second-order valence-electron chi connectivity index (χ2n) is 7.86. The van der Waals surface area contributed by atoms with Crippen LogP contribution in [0.3, 0.4) is 0 Å². The minimum Gasteiger partial charge on any atom is -0.497 e. The zero-order chi connectivity index (χ0) is 20.7. The van der Waals surface area contributed by atoms with Crippen molar-refractivity contribution in [1.29, 1.82) is 0 Å². The van der Waals surface area contributed by atoms with Gasteiger partial charge >= 0.3 is 0 Å². The number of hydrogen-bond acceptors (Lipinski definition) is 5. The molecule has 28 heavy (non-hydrogen) atoms. The highest BCUT2D eigenvalue weighted by Crippen LogP contribution is 2.32. The molecule has 0 amide bonds. The molecule has 0 aliphatic carbocycles. The summed E-state index contributed by atoms with van der Waals surface area (Å²) in [4.78, 5) is 0. The third-order valence-corrected chi connectivity index (χ3v) is 5.33. The van der Waals surface area contributed by atoms with Gasteiger partial charge in [0.25, 0.3) is 0 Å². The molecule has 0 spiro atoms. The van der Waals surface area contributed by atoms with Gasteiger partial charge in [-0.3, -0.25) is 0 Å². The van der Waals surface area contributed by atoms with Crippen molar-refractivity contribution < 1.29 is 24.1 Å². The third kappa shape index (κ3) is 6.99. The molecule has 6 heteroatoms. The molecule has 4 atom stereocenters. The molecule has 1 aromatic rings. The highest BCUT2D eigenvalue weighted by Gasteiger charge is 2.43. The molecule has 0 saturated carbocycles. The lowest BCUT2D eigenvalue weighted by Gasteiger charge is -2.22. The topological polar surface area (TPSA) is 57.2 Å². The van der Waals surface area contributed by atoms with Crippen molar-refractivity contribution in [2.75, 3.05) is 11.5 Å². The van der Waals surface area contributed by atoms with Crippen LogP contribution in [0.1, 0.15) is 39.7 Å². The van der Waals surface area contributed by atoms with Gasteiger partial charge in [0, 0.05) is 4.43 Å². The number of rotatable bonds is 10. The summed E-state index contributed by atoms with van der Waals surface area (Å²) in [6.45, 7) is 8.48. The fraction of sp³-hybridized carbons (Fsp3) is 0.636. The quantitative estimate of drug-likeness (QED) is 0.289. The zero-order valence-corrected chi connectivity index (χ0v) is 19.6. The van der Waals surface area contributed by atoms with E-state index in [2.05, 4.69) is 36.4 Å². The van der Waals surface area contributed by atoms with Crippen LogP contribution in [0, 0.1) is 5.92 Å². The number of benzene rings is 1. The fourth-order valence-electron chi connectivity index (χ4n) is 3.20. The number of aliphatic hydroxyl groups is 1. The first-order chi connectivity index (χ1) is 13.3. The molecule has 1 saturated heterocycles. The third-order valence-electron chi connectivity index (χ3n) is 4.71. The monoisotopic (exact) mass is 504 g/mol. The van der Waals surface area contributed by atoms with Crippen molar-refractivity contribution in [3.05, 3.63) is 42.0 Å². The number of halogens is 1. The smallest absolute Gasteiger partial charge is 0.163 e. The van der Waals surface area contributed by atoms with Gasteiger partial charge in [-0.1, -0.05) is 60.7 Å². The van der Waals surface area contributed by atoms with E-state index in [1.54, 1.807) is 13.2 Å². The van der Waals surface area contributed by atoms with Crippen LogP contribution in [0.5, 0.6) is 5.75 Å². The van der Waals surface area contributed by atoms with E-state index in [9.17, 15) is 5.11 Å². The molecule has 0 radical (unpaired) electrons. The summed E-state index contributed by atoms with van der Waals surface area (Å²) in [5, 5.41) is 10.7. The zero-order valence-electron chi connectivity index (χ0n) is 17.4.